The quantitative estimate of drug-likeness (QED) is 0.307. The van der Waals surface area contributed by atoms with Crippen LogP contribution in [0.25, 0.3) is 5.69 Å². The van der Waals surface area contributed by atoms with Crippen molar-refractivity contribution < 1.29 is 23.8 Å². The molecule has 1 fully saturated rings. The number of rotatable bonds is 8. The van der Waals surface area contributed by atoms with Gasteiger partial charge < -0.3 is 23.7 Å². The Morgan fingerprint density at radius 3 is 2.20 bits per heavy atom. The number of hydrogen-bond donors (Lipinski definition) is 0. The molecule has 2 amide bonds. The predicted octanol–water partition coefficient (Wildman–Crippen LogP) is 5.24. The van der Waals surface area contributed by atoms with Crippen molar-refractivity contribution in [1.29, 1.82) is 0 Å². The highest BCUT2D eigenvalue weighted by Crippen LogP contribution is 2.43. The zero-order chi connectivity index (χ0) is 27.8. The molecule has 4 aromatic rings. The minimum absolute atomic E-state index is 0.00610. The third kappa shape index (κ3) is 4.45. The molecular weight excluding hydrogens is 506 g/mol. The number of benzene rings is 3. The molecule has 3 aromatic carbocycles. The molecule has 0 spiro atoms. The number of fused-ring (bicyclic) bond motifs is 3. The maximum atomic E-state index is 14.4. The van der Waals surface area contributed by atoms with Crippen LogP contribution in [-0.4, -0.2) is 55.2 Å². The molecule has 1 unspecified atom stereocenters. The van der Waals surface area contributed by atoms with Crippen molar-refractivity contribution in [2.45, 2.75) is 24.9 Å². The zero-order valence-corrected chi connectivity index (χ0v) is 22.7. The van der Waals surface area contributed by atoms with Crippen LogP contribution in [-0.2, 0) is 4.79 Å². The van der Waals surface area contributed by atoms with Crippen LogP contribution in [0.5, 0.6) is 17.2 Å². The van der Waals surface area contributed by atoms with Gasteiger partial charge in [-0.3, -0.25) is 14.5 Å². The lowest BCUT2D eigenvalue weighted by molar-refractivity contribution is -0.119. The first kappa shape index (κ1) is 25.6. The van der Waals surface area contributed by atoms with E-state index in [-0.39, 0.29) is 30.4 Å². The van der Waals surface area contributed by atoms with Gasteiger partial charge in [-0.15, -0.1) is 0 Å². The number of para-hydroxylation sites is 2. The van der Waals surface area contributed by atoms with E-state index in [2.05, 4.69) is 4.57 Å². The van der Waals surface area contributed by atoms with Crippen LogP contribution in [0.2, 0.25) is 0 Å². The normalized spacial score (nSPS) is 15.6. The highest BCUT2D eigenvalue weighted by Gasteiger charge is 2.40. The molecule has 0 radical (unpaired) electrons. The van der Waals surface area contributed by atoms with Crippen molar-refractivity contribution in [3.05, 3.63) is 102 Å². The molecule has 0 saturated heterocycles. The monoisotopic (exact) mass is 537 g/mol. The van der Waals surface area contributed by atoms with E-state index in [1.54, 1.807) is 37.3 Å². The van der Waals surface area contributed by atoms with Gasteiger partial charge in [0.25, 0.3) is 5.91 Å². The van der Waals surface area contributed by atoms with E-state index in [4.69, 9.17) is 14.2 Å². The molecular formula is C32H31N3O5. The first-order chi connectivity index (χ1) is 19.5. The number of aromatic nitrogens is 1. The molecule has 2 heterocycles. The number of anilines is 1. The van der Waals surface area contributed by atoms with Crippen molar-refractivity contribution in [2.75, 3.05) is 32.8 Å². The summed E-state index contributed by atoms with van der Waals surface area (Å²) in [4.78, 5) is 31.8. The van der Waals surface area contributed by atoms with Crippen molar-refractivity contribution >= 4 is 17.5 Å². The fourth-order valence-electron chi connectivity index (χ4n) is 5.47. The first-order valence-electron chi connectivity index (χ1n) is 13.3. The Kier molecular flexibility index (Phi) is 6.67. The maximum Gasteiger partial charge on any atom is 0.258 e. The number of carbonyl (C=O) groups is 2. The van der Waals surface area contributed by atoms with E-state index in [0.29, 0.717) is 17.1 Å². The van der Waals surface area contributed by atoms with E-state index < -0.39 is 0 Å². The van der Waals surface area contributed by atoms with E-state index in [9.17, 15) is 9.59 Å². The fourth-order valence-corrected chi connectivity index (χ4v) is 5.47. The summed E-state index contributed by atoms with van der Waals surface area (Å²) in [6.07, 6.45) is 3.74. The molecule has 1 atom stereocenters. The Morgan fingerprint density at radius 1 is 0.825 bits per heavy atom. The number of hydrogen-bond acceptors (Lipinski definition) is 5. The highest BCUT2D eigenvalue weighted by molar-refractivity contribution is 6.04. The Labute approximate surface area is 233 Å². The second kappa shape index (κ2) is 10.4. The summed E-state index contributed by atoms with van der Waals surface area (Å²) < 4.78 is 18.3. The molecule has 204 valence electrons. The second-order valence-electron chi connectivity index (χ2n) is 9.96. The maximum absolute atomic E-state index is 14.4. The van der Waals surface area contributed by atoms with Crippen molar-refractivity contribution in [3.63, 3.8) is 0 Å². The molecule has 1 aliphatic heterocycles. The van der Waals surface area contributed by atoms with Gasteiger partial charge in [0.2, 0.25) is 5.91 Å². The van der Waals surface area contributed by atoms with E-state index in [1.807, 2.05) is 71.8 Å². The van der Waals surface area contributed by atoms with E-state index in [0.717, 1.165) is 41.2 Å². The summed E-state index contributed by atoms with van der Waals surface area (Å²) in [5.74, 6) is 1.36. The van der Waals surface area contributed by atoms with Gasteiger partial charge in [-0.1, -0.05) is 24.3 Å². The number of carbonyl (C=O) groups excluding carboxylic acids is 2. The average Bonchev–Trinajstić information content (AvgIpc) is 3.73. The Balaban J connectivity index is 1.39. The predicted molar refractivity (Wildman–Crippen MR) is 152 cm³/mol. The molecule has 1 aromatic heterocycles. The highest BCUT2D eigenvalue weighted by atomic mass is 16.5. The molecule has 1 aliphatic carbocycles. The number of methoxy groups -OCH3 is 3. The van der Waals surface area contributed by atoms with Crippen LogP contribution in [0.3, 0.4) is 0 Å². The van der Waals surface area contributed by atoms with Gasteiger partial charge in [-0.25, -0.2) is 0 Å². The van der Waals surface area contributed by atoms with Crippen LogP contribution in [0.1, 0.15) is 40.5 Å². The number of amides is 2. The summed E-state index contributed by atoms with van der Waals surface area (Å²) in [5.41, 5.74) is 4.04. The molecule has 0 N–H and O–H groups in total. The molecule has 0 bridgehead atoms. The molecule has 8 nitrogen and oxygen atoms in total. The summed E-state index contributed by atoms with van der Waals surface area (Å²) in [7, 11) is 4.73. The zero-order valence-electron chi connectivity index (χ0n) is 22.7. The topological polar surface area (TPSA) is 73.2 Å². The van der Waals surface area contributed by atoms with Gasteiger partial charge in [-0.05, 0) is 66.9 Å². The average molecular weight is 538 g/mol. The number of ether oxygens (including phenoxy) is 3. The van der Waals surface area contributed by atoms with Gasteiger partial charge in [0, 0.05) is 18.3 Å². The molecule has 1 saturated carbocycles. The Bertz CT molecular complexity index is 1560. The van der Waals surface area contributed by atoms with Crippen LogP contribution in [0.15, 0.2) is 85.1 Å². The molecule has 40 heavy (non-hydrogen) atoms. The summed E-state index contributed by atoms with van der Waals surface area (Å²) in [5, 5.41) is 0. The minimum Gasteiger partial charge on any atom is -0.497 e. The van der Waals surface area contributed by atoms with Gasteiger partial charge in [0.1, 0.15) is 29.8 Å². The van der Waals surface area contributed by atoms with Crippen LogP contribution >= 0.6 is 0 Å². The van der Waals surface area contributed by atoms with E-state index >= 15 is 0 Å². The van der Waals surface area contributed by atoms with Gasteiger partial charge in [0.15, 0.2) is 0 Å². The van der Waals surface area contributed by atoms with Crippen molar-refractivity contribution in [1.82, 2.24) is 9.47 Å². The van der Waals surface area contributed by atoms with Gasteiger partial charge >= 0.3 is 0 Å². The molecule has 8 heteroatoms. The first-order valence-corrected chi connectivity index (χ1v) is 13.3. The van der Waals surface area contributed by atoms with Crippen LogP contribution in [0, 0.1) is 0 Å². The largest absolute Gasteiger partial charge is 0.497 e. The molecule has 6 rings (SSSR count). The second-order valence-corrected chi connectivity index (χ2v) is 9.96. The SMILES string of the molecule is COc1ccc(C2c3cccn3-c3ccccc3N2C(=O)CN(C(=O)c2ccc(OC)cc2OC)C2CC2)cc1. The standard InChI is InChI=1S/C32H31N3O5/c1-38-23-14-10-21(11-15-23)31-28-9-6-18-33(28)26-7-4-5-8-27(26)35(31)30(36)20-34(22-12-13-22)32(37)25-17-16-24(39-2)19-29(25)40-3/h4-11,14-19,22,31H,12-13,20H2,1-3H3. The lowest BCUT2D eigenvalue weighted by atomic mass is 9.97. The summed E-state index contributed by atoms with van der Waals surface area (Å²) in [6, 6.07) is 24.4. The van der Waals surface area contributed by atoms with Crippen LogP contribution in [0.4, 0.5) is 5.69 Å². The molecule has 2 aliphatic rings. The lowest BCUT2D eigenvalue weighted by Gasteiger charge is -2.39. The Hall–Kier alpha value is -4.72. The third-order valence-corrected chi connectivity index (χ3v) is 7.61. The van der Waals surface area contributed by atoms with Crippen molar-refractivity contribution in [3.8, 4) is 22.9 Å². The van der Waals surface area contributed by atoms with Crippen molar-refractivity contribution in [2.24, 2.45) is 0 Å². The van der Waals surface area contributed by atoms with Crippen LogP contribution < -0.4 is 19.1 Å². The fraction of sp³-hybridized carbons (Fsp3) is 0.250. The minimum atomic E-state index is -0.380. The van der Waals surface area contributed by atoms with Gasteiger partial charge in [0.05, 0.1) is 44.0 Å². The third-order valence-electron chi connectivity index (χ3n) is 7.61. The van der Waals surface area contributed by atoms with E-state index in [1.165, 1.54) is 7.11 Å². The Morgan fingerprint density at radius 2 is 1.52 bits per heavy atom. The summed E-state index contributed by atoms with van der Waals surface area (Å²) >= 11 is 0. The number of nitrogens with zero attached hydrogens (tertiary/aromatic N) is 3. The van der Waals surface area contributed by atoms with Gasteiger partial charge in [-0.2, -0.15) is 0 Å². The lowest BCUT2D eigenvalue weighted by Crippen LogP contribution is -2.47. The smallest absolute Gasteiger partial charge is 0.258 e. The summed E-state index contributed by atoms with van der Waals surface area (Å²) in [6.45, 7) is -0.0552.